The van der Waals surface area contributed by atoms with Gasteiger partial charge in [0.15, 0.2) is 0 Å². The van der Waals surface area contributed by atoms with Gasteiger partial charge in [0, 0.05) is 13.6 Å². The Bertz CT molecular complexity index is 523. The molecule has 112 valence electrons. The first-order chi connectivity index (χ1) is 8.10. The molecule has 0 radical (unpaired) electrons. The molecular formula is C12H23ClN2O3S. The predicted octanol–water partition coefficient (Wildman–Crippen LogP) is 1.92. The second-order valence-electron chi connectivity index (χ2n) is 5.41. The van der Waals surface area contributed by atoms with Crippen LogP contribution in [0.4, 0.5) is 0 Å². The van der Waals surface area contributed by atoms with Crippen molar-refractivity contribution in [2.45, 2.75) is 32.6 Å². The van der Waals surface area contributed by atoms with Crippen molar-refractivity contribution in [2.75, 3.05) is 20.1 Å². The first-order valence-electron chi connectivity index (χ1n) is 5.83. The van der Waals surface area contributed by atoms with Crippen LogP contribution in [0.25, 0.3) is 0 Å². The Morgan fingerprint density at radius 1 is 1.37 bits per heavy atom. The van der Waals surface area contributed by atoms with Crippen LogP contribution in [-0.2, 0) is 10.0 Å². The number of nitrogens with zero attached hydrogens (tertiary/aromatic N) is 1. The lowest BCUT2D eigenvalue weighted by molar-refractivity contribution is 0.291. The van der Waals surface area contributed by atoms with Crippen molar-refractivity contribution in [2.24, 2.45) is 11.1 Å². The fraction of sp³-hybridized carbons (Fsp3) is 0.667. The second-order valence-corrected chi connectivity index (χ2v) is 7.42. The minimum Gasteiger partial charge on any atom is -0.465 e. The van der Waals surface area contributed by atoms with Crippen molar-refractivity contribution in [3.63, 3.8) is 0 Å². The molecule has 0 saturated carbocycles. The average molecular weight is 311 g/mol. The van der Waals surface area contributed by atoms with Crippen LogP contribution in [0.15, 0.2) is 15.4 Å². The van der Waals surface area contributed by atoms with Crippen molar-refractivity contribution in [3.8, 4) is 0 Å². The fourth-order valence-corrected chi connectivity index (χ4v) is 3.36. The van der Waals surface area contributed by atoms with Gasteiger partial charge in [0.25, 0.3) is 0 Å². The highest BCUT2D eigenvalue weighted by Gasteiger charge is 2.29. The van der Waals surface area contributed by atoms with Gasteiger partial charge in [-0.2, -0.15) is 0 Å². The Balaban J connectivity index is 0.00000324. The molecular weight excluding hydrogens is 288 g/mol. The smallest absolute Gasteiger partial charge is 0.246 e. The van der Waals surface area contributed by atoms with E-state index in [0.717, 1.165) is 0 Å². The van der Waals surface area contributed by atoms with E-state index in [0.29, 0.717) is 24.6 Å². The lowest BCUT2D eigenvalue weighted by atomic mass is 9.94. The van der Waals surface area contributed by atoms with Gasteiger partial charge in [0.2, 0.25) is 10.0 Å². The van der Waals surface area contributed by atoms with E-state index in [4.69, 9.17) is 10.2 Å². The molecule has 0 atom stereocenters. The van der Waals surface area contributed by atoms with Gasteiger partial charge in [-0.25, -0.2) is 12.7 Å². The molecule has 1 aromatic rings. The summed E-state index contributed by atoms with van der Waals surface area (Å²) in [6, 6.07) is 1.55. The first-order valence-corrected chi connectivity index (χ1v) is 7.27. The summed E-state index contributed by atoms with van der Waals surface area (Å²) >= 11 is 0. The molecule has 0 amide bonds. The third-order valence-corrected chi connectivity index (χ3v) is 4.80. The average Bonchev–Trinajstić information content (AvgIpc) is 2.57. The number of halogens is 1. The normalized spacial score (nSPS) is 12.6. The van der Waals surface area contributed by atoms with Gasteiger partial charge in [0.1, 0.15) is 16.4 Å². The van der Waals surface area contributed by atoms with E-state index < -0.39 is 10.0 Å². The summed E-state index contributed by atoms with van der Waals surface area (Å²) in [5, 5.41) is 0. The van der Waals surface area contributed by atoms with Crippen molar-refractivity contribution in [1.82, 2.24) is 4.31 Å². The van der Waals surface area contributed by atoms with E-state index in [2.05, 4.69) is 0 Å². The second kappa shape index (κ2) is 6.26. The Morgan fingerprint density at radius 2 is 1.89 bits per heavy atom. The molecule has 5 nitrogen and oxygen atoms in total. The van der Waals surface area contributed by atoms with E-state index in [1.54, 1.807) is 27.0 Å². The number of rotatable bonds is 5. The highest BCUT2D eigenvalue weighted by atomic mass is 35.5. The Morgan fingerprint density at radius 3 is 2.26 bits per heavy atom. The molecule has 0 aliphatic rings. The maximum atomic E-state index is 12.4. The molecule has 0 aliphatic heterocycles. The van der Waals surface area contributed by atoms with Gasteiger partial charge < -0.3 is 10.2 Å². The fourth-order valence-electron chi connectivity index (χ4n) is 1.78. The summed E-state index contributed by atoms with van der Waals surface area (Å²) in [6.07, 6.45) is 0. The van der Waals surface area contributed by atoms with Crippen LogP contribution in [-0.4, -0.2) is 32.9 Å². The molecule has 0 aliphatic carbocycles. The molecule has 0 spiro atoms. The van der Waals surface area contributed by atoms with Crippen molar-refractivity contribution in [1.29, 1.82) is 0 Å². The van der Waals surface area contributed by atoms with Gasteiger partial charge in [0.05, 0.1) is 0 Å². The predicted molar refractivity (Wildman–Crippen MR) is 78.1 cm³/mol. The molecule has 1 rings (SSSR count). The van der Waals surface area contributed by atoms with Crippen LogP contribution in [0.3, 0.4) is 0 Å². The summed E-state index contributed by atoms with van der Waals surface area (Å²) in [5.74, 6) is 1.02. The molecule has 2 N–H and O–H groups in total. The zero-order chi connectivity index (χ0) is 14.1. The standard InChI is InChI=1S/C12H22N2O3S.ClH/c1-9-6-11(10(2)17-9)18(15,16)14(5)8-12(3,4)7-13;/h6H,7-8,13H2,1-5H3;1H. The summed E-state index contributed by atoms with van der Waals surface area (Å²) < 4.78 is 31.4. The number of furan rings is 1. The highest BCUT2D eigenvalue weighted by Crippen LogP contribution is 2.25. The minimum absolute atomic E-state index is 0. The van der Waals surface area contributed by atoms with Gasteiger partial charge in [-0.1, -0.05) is 13.8 Å². The van der Waals surface area contributed by atoms with E-state index in [1.165, 1.54) is 4.31 Å². The van der Waals surface area contributed by atoms with E-state index in [-0.39, 0.29) is 22.7 Å². The summed E-state index contributed by atoms with van der Waals surface area (Å²) in [6.45, 7) is 8.06. The molecule has 0 saturated heterocycles. The highest BCUT2D eigenvalue weighted by molar-refractivity contribution is 7.89. The maximum absolute atomic E-state index is 12.4. The van der Waals surface area contributed by atoms with Gasteiger partial charge >= 0.3 is 0 Å². The number of sulfonamides is 1. The number of aryl methyl sites for hydroxylation is 2. The third kappa shape index (κ3) is 4.21. The summed E-state index contributed by atoms with van der Waals surface area (Å²) in [7, 11) is -1.94. The van der Waals surface area contributed by atoms with Crippen LogP contribution in [0.2, 0.25) is 0 Å². The molecule has 0 fully saturated rings. The lowest BCUT2D eigenvalue weighted by Crippen LogP contribution is -2.39. The SMILES string of the molecule is Cc1cc(S(=O)(=O)N(C)CC(C)(C)CN)c(C)o1.Cl. The molecule has 0 bridgehead atoms. The number of nitrogens with two attached hydrogens (primary N) is 1. The largest absolute Gasteiger partial charge is 0.465 e. The summed E-state index contributed by atoms with van der Waals surface area (Å²) in [4.78, 5) is 0.232. The monoisotopic (exact) mass is 310 g/mol. The first kappa shape index (κ1) is 18.4. The Kier molecular flexibility index (Phi) is 6.08. The molecule has 1 heterocycles. The van der Waals surface area contributed by atoms with Crippen LogP contribution in [0.1, 0.15) is 25.4 Å². The van der Waals surface area contributed by atoms with E-state index in [1.807, 2.05) is 13.8 Å². The third-order valence-electron chi connectivity index (χ3n) is 2.89. The van der Waals surface area contributed by atoms with Crippen LogP contribution < -0.4 is 5.73 Å². The van der Waals surface area contributed by atoms with Crippen molar-refractivity contribution < 1.29 is 12.8 Å². The molecule has 0 aromatic carbocycles. The Hall–Kier alpha value is -0.560. The van der Waals surface area contributed by atoms with E-state index >= 15 is 0 Å². The number of hydrogen-bond donors (Lipinski definition) is 1. The van der Waals surface area contributed by atoms with Crippen molar-refractivity contribution >= 4 is 22.4 Å². The van der Waals surface area contributed by atoms with Crippen LogP contribution in [0.5, 0.6) is 0 Å². The van der Waals surface area contributed by atoms with Gasteiger partial charge in [-0.05, 0) is 31.9 Å². The summed E-state index contributed by atoms with van der Waals surface area (Å²) in [5.41, 5.74) is 5.38. The molecule has 1 aromatic heterocycles. The number of hydrogen-bond acceptors (Lipinski definition) is 4. The van der Waals surface area contributed by atoms with Gasteiger partial charge in [-0.3, -0.25) is 0 Å². The topological polar surface area (TPSA) is 76.5 Å². The quantitative estimate of drug-likeness (QED) is 0.901. The van der Waals surface area contributed by atoms with E-state index in [9.17, 15) is 8.42 Å². The minimum atomic E-state index is -3.51. The Labute approximate surface area is 121 Å². The molecule has 0 unspecified atom stereocenters. The van der Waals surface area contributed by atoms with Crippen LogP contribution in [0, 0.1) is 19.3 Å². The maximum Gasteiger partial charge on any atom is 0.246 e. The zero-order valence-corrected chi connectivity index (χ0v) is 13.7. The molecule has 7 heteroatoms. The van der Waals surface area contributed by atoms with Gasteiger partial charge in [-0.15, -0.1) is 12.4 Å². The molecule has 19 heavy (non-hydrogen) atoms. The van der Waals surface area contributed by atoms with Crippen LogP contribution >= 0.6 is 12.4 Å². The lowest BCUT2D eigenvalue weighted by Gasteiger charge is -2.28. The zero-order valence-electron chi connectivity index (χ0n) is 12.1. The van der Waals surface area contributed by atoms with Crippen molar-refractivity contribution in [3.05, 3.63) is 17.6 Å².